The third kappa shape index (κ3) is 6.18. The van der Waals surface area contributed by atoms with E-state index >= 15 is 0 Å². The molecule has 0 unspecified atom stereocenters. The minimum absolute atomic E-state index is 0.0149. The van der Waals surface area contributed by atoms with Crippen LogP contribution in [0, 0.1) is 0 Å². The smallest absolute Gasteiger partial charge is 0.230 e. The molecule has 1 N–H and O–H groups in total. The molecule has 0 aliphatic carbocycles. The number of rotatable bonds is 9. The minimum atomic E-state index is 0.0149. The van der Waals surface area contributed by atoms with Crippen molar-refractivity contribution in [2.24, 2.45) is 0 Å². The van der Waals surface area contributed by atoms with Crippen molar-refractivity contribution in [2.75, 3.05) is 25.4 Å². The average molecular weight is 436 g/mol. The van der Waals surface area contributed by atoms with Crippen LogP contribution < -0.4 is 5.32 Å². The summed E-state index contributed by atoms with van der Waals surface area (Å²) in [5.41, 5.74) is 2.26. The highest BCUT2D eigenvalue weighted by Crippen LogP contribution is 2.23. The van der Waals surface area contributed by atoms with E-state index in [1.807, 2.05) is 36.4 Å². The molecular weight excluding hydrogens is 406 g/mol. The van der Waals surface area contributed by atoms with Gasteiger partial charge in [0.05, 0.1) is 12.3 Å². The Labute approximate surface area is 188 Å². The van der Waals surface area contributed by atoms with Gasteiger partial charge >= 0.3 is 0 Å². The molecule has 0 spiro atoms. The molecule has 1 aliphatic heterocycles. The monoisotopic (exact) mass is 435 g/mol. The van der Waals surface area contributed by atoms with Gasteiger partial charge in [0.15, 0.2) is 11.0 Å². The molecule has 1 amide bonds. The van der Waals surface area contributed by atoms with E-state index in [-0.39, 0.29) is 5.91 Å². The molecule has 1 aromatic heterocycles. The number of carbonyl (C=O) groups is 1. The van der Waals surface area contributed by atoms with E-state index in [9.17, 15) is 4.79 Å². The number of benzene rings is 2. The van der Waals surface area contributed by atoms with E-state index < -0.39 is 0 Å². The van der Waals surface area contributed by atoms with Crippen LogP contribution in [0.3, 0.4) is 0 Å². The van der Waals surface area contributed by atoms with E-state index in [1.54, 1.807) is 0 Å². The summed E-state index contributed by atoms with van der Waals surface area (Å²) < 4.78 is 2.09. The third-order valence-corrected chi connectivity index (χ3v) is 6.37. The zero-order valence-electron chi connectivity index (χ0n) is 17.7. The highest BCUT2D eigenvalue weighted by Gasteiger charge is 2.19. The Morgan fingerprint density at radius 1 is 0.935 bits per heavy atom. The predicted molar refractivity (Wildman–Crippen MR) is 124 cm³/mol. The quantitative estimate of drug-likeness (QED) is 0.519. The van der Waals surface area contributed by atoms with Gasteiger partial charge in [-0.25, -0.2) is 0 Å². The van der Waals surface area contributed by atoms with Gasteiger partial charge in [-0.1, -0.05) is 66.7 Å². The molecule has 162 valence electrons. The van der Waals surface area contributed by atoms with Crippen LogP contribution in [-0.2, 0) is 17.8 Å². The Hall–Kier alpha value is -2.64. The van der Waals surface area contributed by atoms with E-state index in [0.29, 0.717) is 12.3 Å². The summed E-state index contributed by atoms with van der Waals surface area (Å²) in [4.78, 5) is 14.8. The van der Waals surface area contributed by atoms with Crippen LogP contribution in [0.2, 0.25) is 0 Å². The molecular formula is C24H29N5OS. The molecule has 31 heavy (non-hydrogen) atoms. The standard InChI is InChI=1S/C24H29N5OS/c30-23(25-15-14-20-10-4-1-5-11-20)19-31-24-27-26-22(18-28-16-8-3-9-17-28)29(24)21-12-6-2-7-13-21/h1-2,4-7,10-13H,3,8-9,14-19H2,(H,25,30). The maximum absolute atomic E-state index is 12.4. The molecule has 0 radical (unpaired) electrons. The maximum Gasteiger partial charge on any atom is 0.230 e. The van der Waals surface area contributed by atoms with Gasteiger partial charge in [-0.05, 0) is 50.0 Å². The maximum atomic E-state index is 12.4. The Kier molecular flexibility index (Phi) is 7.74. The van der Waals surface area contributed by atoms with Crippen LogP contribution in [0.15, 0.2) is 65.8 Å². The van der Waals surface area contributed by atoms with Crippen LogP contribution in [0.5, 0.6) is 0 Å². The van der Waals surface area contributed by atoms with Crippen molar-refractivity contribution in [1.82, 2.24) is 25.0 Å². The van der Waals surface area contributed by atoms with Crippen molar-refractivity contribution in [1.29, 1.82) is 0 Å². The molecule has 4 rings (SSSR count). The normalized spacial score (nSPS) is 14.5. The lowest BCUT2D eigenvalue weighted by Crippen LogP contribution is -2.30. The molecule has 2 heterocycles. The summed E-state index contributed by atoms with van der Waals surface area (Å²) in [5, 5.41) is 12.7. The number of para-hydroxylation sites is 1. The fourth-order valence-electron chi connectivity index (χ4n) is 3.82. The molecule has 1 fully saturated rings. The van der Waals surface area contributed by atoms with E-state index in [2.05, 4.69) is 49.2 Å². The van der Waals surface area contributed by atoms with Crippen molar-refractivity contribution in [3.8, 4) is 5.69 Å². The number of hydrogen-bond acceptors (Lipinski definition) is 5. The summed E-state index contributed by atoms with van der Waals surface area (Å²) >= 11 is 1.44. The molecule has 0 atom stereocenters. The van der Waals surface area contributed by atoms with E-state index in [0.717, 1.165) is 42.7 Å². The van der Waals surface area contributed by atoms with Crippen LogP contribution in [0.1, 0.15) is 30.7 Å². The second-order valence-corrected chi connectivity index (χ2v) is 8.72. The molecule has 6 nitrogen and oxygen atoms in total. The van der Waals surface area contributed by atoms with Crippen LogP contribution in [0.25, 0.3) is 5.69 Å². The van der Waals surface area contributed by atoms with Crippen molar-refractivity contribution in [3.63, 3.8) is 0 Å². The second-order valence-electron chi connectivity index (χ2n) is 7.78. The molecule has 7 heteroatoms. The van der Waals surface area contributed by atoms with Gasteiger partial charge in [-0.3, -0.25) is 14.3 Å². The summed E-state index contributed by atoms with van der Waals surface area (Å²) in [5.74, 6) is 1.27. The lowest BCUT2D eigenvalue weighted by molar-refractivity contribution is -0.118. The Bertz CT molecular complexity index is 955. The first-order valence-electron chi connectivity index (χ1n) is 10.9. The number of nitrogens with one attached hydrogen (secondary N) is 1. The second kappa shape index (κ2) is 11.1. The molecule has 1 saturated heterocycles. The number of amides is 1. The van der Waals surface area contributed by atoms with Gasteiger partial charge in [0, 0.05) is 12.2 Å². The van der Waals surface area contributed by atoms with Crippen molar-refractivity contribution >= 4 is 17.7 Å². The van der Waals surface area contributed by atoms with Crippen molar-refractivity contribution in [2.45, 2.75) is 37.4 Å². The number of piperidine rings is 1. The van der Waals surface area contributed by atoms with Gasteiger partial charge in [-0.2, -0.15) is 0 Å². The molecule has 2 aromatic carbocycles. The van der Waals surface area contributed by atoms with Gasteiger partial charge < -0.3 is 5.32 Å². The van der Waals surface area contributed by atoms with Crippen molar-refractivity contribution in [3.05, 3.63) is 72.1 Å². The number of likely N-dealkylation sites (tertiary alicyclic amines) is 1. The lowest BCUT2D eigenvalue weighted by atomic mass is 10.1. The Morgan fingerprint density at radius 2 is 1.65 bits per heavy atom. The summed E-state index contributed by atoms with van der Waals surface area (Å²) in [6.07, 6.45) is 4.62. The molecule has 3 aromatic rings. The first-order chi connectivity index (χ1) is 15.3. The summed E-state index contributed by atoms with van der Waals surface area (Å²) in [6, 6.07) is 20.4. The van der Waals surface area contributed by atoms with Gasteiger partial charge in [0.2, 0.25) is 5.91 Å². The van der Waals surface area contributed by atoms with Gasteiger partial charge in [0.1, 0.15) is 0 Å². The van der Waals surface area contributed by atoms with Crippen LogP contribution >= 0.6 is 11.8 Å². The van der Waals surface area contributed by atoms with Crippen LogP contribution in [-0.4, -0.2) is 51.0 Å². The number of nitrogens with zero attached hydrogens (tertiary/aromatic N) is 4. The number of thioether (sulfide) groups is 1. The fourth-order valence-corrected chi connectivity index (χ4v) is 4.62. The highest BCUT2D eigenvalue weighted by atomic mass is 32.2. The van der Waals surface area contributed by atoms with Gasteiger partial charge in [-0.15, -0.1) is 10.2 Å². The SMILES string of the molecule is O=C(CSc1nnc(CN2CCCCC2)n1-c1ccccc1)NCCc1ccccc1. The topological polar surface area (TPSA) is 63.1 Å². The van der Waals surface area contributed by atoms with Gasteiger partial charge in [0.25, 0.3) is 0 Å². The molecule has 0 saturated carbocycles. The number of aromatic nitrogens is 3. The summed E-state index contributed by atoms with van der Waals surface area (Å²) in [6.45, 7) is 3.63. The molecule has 1 aliphatic rings. The third-order valence-electron chi connectivity index (χ3n) is 5.44. The lowest BCUT2D eigenvalue weighted by Gasteiger charge is -2.26. The largest absolute Gasteiger partial charge is 0.355 e. The Balaban J connectivity index is 1.38. The molecule has 0 bridgehead atoms. The highest BCUT2D eigenvalue weighted by molar-refractivity contribution is 7.99. The predicted octanol–water partition coefficient (Wildman–Crippen LogP) is 3.70. The first-order valence-corrected chi connectivity index (χ1v) is 11.9. The van der Waals surface area contributed by atoms with E-state index in [4.69, 9.17) is 0 Å². The Morgan fingerprint density at radius 3 is 2.39 bits per heavy atom. The van der Waals surface area contributed by atoms with Crippen LogP contribution in [0.4, 0.5) is 0 Å². The number of carbonyl (C=O) groups excluding carboxylic acids is 1. The average Bonchev–Trinajstić information content (AvgIpc) is 3.22. The zero-order chi connectivity index (χ0) is 21.3. The zero-order valence-corrected chi connectivity index (χ0v) is 18.6. The van der Waals surface area contributed by atoms with E-state index in [1.165, 1.54) is 36.6 Å². The summed E-state index contributed by atoms with van der Waals surface area (Å²) in [7, 11) is 0. The minimum Gasteiger partial charge on any atom is -0.355 e. The van der Waals surface area contributed by atoms with Crippen molar-refractivity contribution < 1.29 is 4.79 Å². The number of hydrogen-bond donors (Lipinski definition) is 1. The fraction of sp³-hybridized carbons (Fsp3) is 0.375. The first kappa shape index (κ1) is 21.6.